The van der Waals surface area contributed by atoms with Crippen molar-refractivity contribution in [3.8, 4) is 0 Å². The van der Waals surface area contributed by atoms with Crippen LogP contribution in [0.15, 0.2) is 0 Å². The van der Waals surface area contributed by atoms with Gasteiger partial charge < -0.3 is 14.2 Å². The first-order valence-electron chi connectivity index (χ1n) is 7.25. The zero-order valence-corrected chi connectivity index (χ0v) is 12.2. The lowest BCUT2D eigenvalue weighted by molar-refractivity contribution is -0.0753. The highest BCUT2D eigenvalue weighted by molar-refractivity contribution is 6.21. The summed E-state index contributed by atoms with van der Waals surface area (Å²) in [4.78, 5) is 11.8. The molecule has 0 aromatic rings. The molecule has 4 atom stereocenters. The van der Waals surface area contributed by atoms with Gasteiger partial charge in [-0.3, -0.25) is 0 Å². The van der Waals surface area contributed by atoms with Crippen LogP contribution in [-0.4, -0.2) is 37.0 Å². The molecule has 2 fully saturated rings. The lowest BCUT2D eigenvalue weighted by atomic mass is 9.95. The van der Waals surface area contributed by atoms with Gasteiger partial charge in [-0.2, -0.15) is 0 Å². The molecule has 0 aromatic heterocycles. The van der Waals surface area contributed by atoms with Crippen molar-refractivity contribution < 1.29 is 19.0 Å². The molecule has 0 aromatic carbocycles. The normalized spacial score (nSPS) is 35.7. The van der Waals surface area contributed by atoms with E-state index in [4.69, 9.17) is 25.8 Å². The maximum Gasteiger partial charge on any atom is 0.508 e. The van der Waals surface area contributed by atoms with Crippen molar-refractivity contribution in [2.45, 2.75) is 75.1 Å². The summed E-state index contributed by atoms with van der Waals surface area (Å²) in [6.07, 6.45) is 6.92. The van der Waals surface area contributed by atoms with Gasteiger partial charge in [-0.15, -0.1) is 11.6 Å². The Bertz CT molecular complexity index is 297. The molecule has 110 valence electrons. The molecule has 5 heteroatoms. The van der Waals surface area contributed by atoms with Crippen LogP contribution in [0.25, 0.3) is 0 Å². The van der Waals surface area contributed by atoms with Crippen LogP contribution in [0.2, 0.25) is 0 Å². The minimum absolute atomic E-state index is 0.000505. The quantitative estimate of drug-likeness (QED) is 0.588. The first-order chi connectivity index (χ1) is 9.20. The van der Waals surface area contributed by atoms with E-state index in [9.17, 15) is 4.79 Å². The SMILES string of the molecule is COC1CCCCC1OC(=O)OC1CCCCC1Cl. The van der Waals surface area contributed by atoms with Crippen LogP contribution in [0, 0.1) is 0 Å². The molecule has 2 aliphatic rings. The summed E-state index contributed by atoms with van der Waals surface area (Å²) < 4.78 is 16.1. The summed E-state index contributed by atoms with van der Waals surface area (Å²) in [6.45, 7) is 0. The smallest absolute Gasteiger partial charge is 0.429 e. The molecule has 4 nitrogen and oxygen atoms in total. The molecule has 2 rings (SSSR count). The van der Waals surface area contributed by atoms with Crippen LogP contribution in [-0.2, 0) is 14.2 Å². The van der Waals surface area contributed by atoms with E-state index in [0.717, 1.165) is 51.4 Å². The zero-order chi connectivity index (χ0) is 13.7. The molecule has 0 saturated heterocycles. The van der Waals surface area contributed by atoms with E-state index in [0.29, 0.717) is 0 Å². The molecule has 0 N–H and O–H groups in total. The third-order valence-electron chi connectivity index (χ3n) is 4.06. The molecule has 0 bridgehead atoms. The number of hydrogen-bond acceptors (Lipinski definition) is 4. The van der Waals surface area contributed by atoms with Crippen molar-refractivity contribution >= 4 is 17.8 Å². The van der Waals surface area contributed by atoms with E-state index >= 15 is 0 Å². The van der Waals surface area contributed by atoms with E-state index in [2.05, 4.69) is 0 Å². The average Bonchev–Trinajstić information content (AvgIpc) is 2.42. The standard InChI is InChI=1S/C14H23ClO4/c1-17-12-8-4-5-9-13(12)19-14(16)18-11-7-3-2-6-10(11)15/h10-13H,2-9H2,1H3. The van der Waals surface area contributed by atoms with Crippen LogP contribution >= 0.6 is 11.6 Å². The van der Waals surface area contributed by atoms with Crippen LogP contribution < -0.4 is 0 Å². The van der Waals surface area contributed by atoms with Crippen LogP contribution in [0.3, 0.4) is 0 Å². The molecule has 0 spiro atoms. The van der Waals surface area contributed by atoms with Crippen LogP contribution in [0.4, 0.5) is 4.79 Å². The van der Waals surface area contributed by atoms with Crippen molar-refractivity contribution in [2.24, 2.45) is 0 Å². The molecule has 2 saturated carbocycles. The topological polar surface area (TPSA) is 44.8 Å². The summed E-state index contributed by atoms with van der Waals surface area (Å²) in [6, 6.07) is 0. The summed E-state index contributed by atoms with van der Waals surface area (Å²) in [5.41, 5.74) is 0. The Balaban J connectivity index is 1.79. The summed E-state index contributed by atoms with van der Waals surface area (Å²) in [7, 11) is 1.66. The molecule has 0 aliphatic heterocycles. The van der Waals surface area contributed by atoms with Crippen molar-refractivity contribution in [1.82, 2.24) is 0 Å². The molecule has 19 heavy (non-hydrogen) atoms. The zero-order valence-electron chi connectivity index (χ0n) is 11.5. The third kappa shape index (κ3) is 4.25. The number of ether oxygens (including phenoxy) is 3. The van der Waals surface area contributed by atoms with Crippen molar-refractivity contribution in [1.29, 1.82) is 0 Å². The second kappa shape index (κ2) is 7.34. The average molecular weight is 291 g/mol. The first-order valence-corrected chi connectivity index (χ1v) is 7.68. The van der Waals surface area contributed by atoms with Crippen LogP contribution in [0.1, 0.15) is 51.4 Å². The van der Waals surface area contributed by atoms with E-state index in [1.807, 2.05) is 0 Å². The second-order valence-corrected chi connectivity index (χ2v) is 5.98. The predicted molar refractivity (Wildman–Crippen MR) is 72.5 cm³/mol. The molecule has 4 unspecified atom stereocenters. The monoisotopic (exact) mass is 290 g/mol. The molecule has 2 aliphatic carbocycles. The molecule has 0 amide bonds. The number of halogens is 1. The van der Waals surface area contributed by atoms with E-state index in [1.165, 1.54) is 0 Å². The summed E-state index contributed by atoms with van der Waals surface area (Å²) >= 11 is 6.17. The van der Waals surface area contributed by atoms with Gasteiger partial charge in [-0.1, -0.05) is 12.8 Å². The number of carbonyl (C=O) groups excluding carboxylic acids is 1. The lowest BCUT2D eigenvalue weighted by Crippen LogP contribution is -2.38. The Morgan fingerprint density at radius 2 is 1.42 bits per heavy atom. The van der Waals surface area contributed by atoms with Gasteiger partial charge >= 0.3 is 6.16 Å². The predicted octanol–water partition coefficient (Wildman–Crippen LogP) is 3.65. The van der Waals surface area contributed by atoms with Crippen molar-refractivity contribution in [3.63, 3.8) is 0 Å². The molecular weight excluding hydrogens is 268 g/mol. The largest absolute Gasteiger partial charge is 0.508 e. The second-order valence-electron chi connectivity index (χ2n) is 5.42. The lowest BCUT2D eigenvalue weighted by Gasteiger charge is -2.31. The van der Waals surface area contributed by atoms with Gasteiger partial charge in [-0.25, -0.2) is 4.79 Å². The Morgan fingerprint density at radius 3 is 2.05 bits per heavy atom. The Morgan fingerprint density at radius 1 is 0.895 bits per heavy atom. The maximum atomic E-state index is 11.8. The number of methoxy groups -OCH3 is 1. The van der Waals surface area contributed by atoms with E-state index in [1.54, 1.807) is 7.11 Å². The number of alkyl halides is 1. The molecule has 0 heterocycles. The van der Waals surface area contributed by atoms with Gasteiger partial charge in [0.2, 0.25) is 0 Å². The summed E-state index contributed by atoms with van der Waals surface area (Å²) in [5.74, 6) is 0. The third-order valence-corrected chi connectivity index (χ3v) is 4.56. The van der Waals surface area contributed by atoms with Gasteiger partial charge in [0.05, 0.1) is 11.5 Å². The van der Waals surface area contributed by atoms with Gasteiger partial charge in [0.1, 0.15) is 12.2 Å². The Hall–Kier alpha value is -0.480. The number of hydrogen-bond donors (Lipinski definition) is 0. The van der Waals surface area contributed by atoms with E-state index < -0.39 is 6.16 Å². The molecular formula is C14H23ClO4. The highest BCUT2D eigenvalue weighted by atomic mass is 35.5. The minimum Gasteiger partial charge on any atom is -0.429 e. The Labute approximate surface area is 119 Å². The first kappa shape index (κ1) is 14.9. The van der Waals surface area contributed by atoms with Crippen molar-refractivity contribution in [2.75, 3.05) is 7.11 Å². The van der Waals surface area contributed by atoms with Gasteiger partial charge in [0.25, 0.3) is 0 Å². The van der Waals surface area contributed by atoms with Crippen molar-refractivity contribution in [3.05, 3.63) is 0 Å². The molecule has 0 radical (unpaired) electrons. The summed E-state index contributed by atoms with van der Waals surface area (Å²) in [5, 5.41) is -0.0779. The number of rotatable bonds is 3. The number of carbonyl (C=O) groups is 1. The fraction of sp³-hybridized carbons (Fsp3) is 0.929. The highest BCUT2D eigenvalue weighted by Gasteiger charge is 2.31. The van der Waals surface area contributed by atoms with Crippen LogP contribution in [0.5, 0.6) is 0 Å². The maximum absolute atomic E-state index is 11.8. The minimum atomic E-state index is -0.591. The fourth-order valence-electron chi connectivity index (χ4n) is 2.93. The van der Waals surface area contributed by atoms with Gasteiger partial charge in [0.15, 0.2) is 0 Å². The fourth-order valence-corrected chi connectivity index (χ4v) is 3.26. The van der Waals surface area contributed by atoms with Gasteiger partial charge in [0, 0.05) is 7.11 Å². The van der Waals surface area contributed by atoms with Gasteiger partial charge in [-0.05, 0) is 38.5 Å². The Kier molecular flexibility index (Phi) is 5.76. The van der Waals surface area contributed by atoms with E-state index in [-0.39, 0.29) is 23.7 Å². The highest BCUT2D eigenvalue weighted by Crippen LogP contribution is 2.27.